The summed E-state index contributed by atoms with van der Waals surface area (Å²) >= 11 is 0. The summed E-state index contributed by atoms with van der Waals surface area (Å²) in [5, 5.41) is 0. The van der Waals surface area contributed by atoms with Crippen molar-refractivity contribution in [2.45, 2.75) is 19.5 Å². The predicted molar refractivity (Wildman–Crippen MR) is 54.9 cm³/mol. The Morgan fingerprint density at radius 3 is 2.71 bits per heavy atom. The highest BCUT2D eigenvalue weighted by atomic mass is 19.4. The molecule has 3 nitrogen and oxygen atoms in total. The van der Waals surface area contributed by atoms with Crippen molar-refractivity contribution < 1.29 is 22.8 Å². The van der Waals surface area contributed by atoms with Crippen LogP contribution < -0.4 is 5.48 Å². The number of amides is 1. The lowest BCUT2D eigenvalue weighted by Crippen LogP contribution is -2.25. The number of rotatable bonds is 4. The SMILES string of the molecule is CCONC(=O)Cc1cccc(C(F)(F)F)c1. The topological polar surface area (TPSA) is 38.3 Å². The Hall–Kier alpha value is -1.56. The van der Waals surface area contributed by atoms with E-state index in [0.717, 1.165) is 12.1 Å². The number of hydrogen-bond donors (Lipinski definition) is 1. The molecule has 0 aromatic heterocycles. The average Bonchev–Trinajstić information content (AvgIpc) is 2.25. The third-order valence-electron chi connectivity index (χ3n) is 1.95. The summed E-state index contributed by atoms with van der Waals surface area (Å²) in [7, 11) is 0. The molecule has 0 saturated carbocycles. The number of carbonyl (C=O) groups is 1. The summed E-state index contributed by atoms with van der Waals surface area (Å²) in [4.78, 5) is 15.9. The minimum atomic E-state index is -4.40. The zero-order valence-corrected chi connectivity index (χ0v) is 9.17. The maximum absolute atomic E-state index is 12.4. The smallest absolute Gasteiger partial charge is 0.274 e. The predicted octanol–water partition coefficient (Wildman–Crippen LogP) is 2.32. The average molecular weight is 247 g/mol. The Bertz CT molecular complexity index is 391. The molecule has 0 unspecified atom stereocenters. The van der Waals surface area contributed by atoms with Crippen LogP contribution in [0.1, 0.15) is 18.1 Å². The molecule has 0 bridgehead atoms. The van der Waals surface area contributed by atoms with Gasteiger partial charge in [0.15, 0.2) is 0 Å². The lowest BCUT2D eigenvalue weighted by Gasteiger charge is -2.08. The lowest BCUT2D eigenvalue weighted by molar-refractivity contribution is -0.138. The van der Waals surface area contributed by atoms with E-state index in [-0.39, 0.29) is 12.0 Å². The summed E-state index contributed by atoms with van der Waals surface area (Å²) < 4.78 is 37.1. The molecule has 0 spiro atoms. The molecule has 0 saturated heterocycles. The number of alkyl halides is 3. The van der Waals surface area contributed by atoms with Crippen molar-refractivity contribution >= 4 is 5.91 Å². The molecule has 1 aromatic carbocycles. The molecule has 0 radical (unpaired) electrons. The lowest BCUT2D eigenvalue weighted by atomic mass is 10.1. The normalized spacial score (nSPS) is 11.3. The van der Waals surface area contributed by atoms with Crippen LogP contribution in [0.25, 0.3) is 0 Å². The van der Waals surface area contributed by atoms with Gasteiger partial charge in [-0.05, 0) is 18.6 Å². The number of benzene rings is 1. The van der Waals surface area contributed by atoms with Gasteiger partial charge >= 0.3 is 6.18 Å². The maximum atomic E-state index is 12.4. The Morgan fingerprint density at radius 2 is 2.12 bits per heavy atom. The van der Waals surface area contributed by atoms with E-state index in [9.17, 15) is 18.0 Å². The molecule has 6 heteroatoms. The van der Waals surface area contributed by atoms with Crippen LogP contribution in [0.2, 0.25) is 0 Å². The van der Waals surface area contributed by atoms with E-state index in [1.54, 1.807) is 6.92 Å². The molecule has 0 fully saturated rings. The van der Waals surface area contributed by atoms with E-state index in [0.29, 0.717) is 6.61 Å². The standard InChI is InChI=1S/C11H12F3NO2/c1-2-17-15-10(16)7-8-4-3-5-9(6-8)11(12,13)14/h3-6H,2,7H2,1H3,(H,15,16). The minimum Gasteiger partial charge on any atom is -0.274 e. The van der Waals surface area contributed by atoms with Crippen LogP contribution in [0.5, 0.6) is 0 Å². The van der Waals surface area contributed by atoms with Gasteiger partial charge in [0.05, 0.1) is 18.6 Å². The maximum Gasteiger partial charge on any atom is 0.416 e. The van der Waals surface area contributed by atoms with E-state index in [1.165, 1.54) is 12.1 Å². The Balaban J connectivity index is 2.69. The van der Waals surface area contributed by atoms with Gasteiger partial charge in [0, 0.05) is 0 Å². The highest BCUT2D eigenvalue weighted by Crippen LogP contribution is 2.29. The molecule has 0 aliphatic heterocycles. The van der Waals surface area contributed by atoms with Crippen molar-refractivity contribution in [2.75, 3.05) is 6.61 Å². The first kappa shape index (κ1) is 13.5. The van der Waals surface area contributed by atoms with Crippen LogP contribution in [0.4, 0.5) is 13.2 Å². The van der Waals surface area contributed by atoms with Crippen LogP contribution in [0, 0.1) is 0 Å². The van der Waals surface area contributed by atoms with Crippen molar-refractivity contribution in [3.8, 4) is 0 Å². The second-order valence-corrected chi connectivity index (χ2v) is 3.33. The van der Waals surface area contributed by atoms with Crippen molar-refractivity contribution in [3.63, 3.8) is 0 Å². The van der Waals surface area contributed by atoms with Gasteiger partial charge in [0.2, 0.25) is 5.91 Å². The van der Waals surface area contributed by atoms with Crippen molar-refractivity contribution in [3.05, 3.63) is 35.4 Å². The van der Waals surface area contributed by atoms with Crippen LogP contribution >= 0.6 is 0 Å². The largest absolute Gasteiger partial charge is 0.416 e. The van der Waals surface area contributed by atoms with Gasteiger partial charge in [0.25, 0.3) is 0 Å². The van der Waals surface area contributed by atoms with Gasteiger partial charge in [-0.2, -0.15) is 13.2 Å². The number of halogens is 3. The fraction of sp³-hybridized carbons (Fsp3) is 0.364. The van der Waals surface area contributed by atoms with Crippen LogP contribution in [-0.4, -0.2) is 12.5 Å². The Morgan fingerprint density at radius 1 is 1.41 bits per heavy atom. The van der Waals surface area contributed by atoms with E-state index in [2.05, 4.69) is 10.3 Å². The molecule has 0 aliphatic carbocycles. The summed E-state index contributed by atoms with van der Waals surface area (Å²) in [5.74, 6) is -0.480. The Labute approximate surface area is 96.5 Å². The first-order valence-corrected chi connectivity index (χ1v) is 5.00. The number of hydrogen-bond acceptors (Lipinski definition) is 2. The molecule has 1 amide bonds. The molecule has 0 aliphatic rings. The molecular formula is C11H12F3NO2. The molecule has 0 heterocycles. The van der Waals surface area contributed by atoms with Gasteiger partial charge in [-0.25, -0.2) is 5.48 Å². The summed E-state index contributed by atoms with van der Waals surface area (Å²) in [5.41, 5.74) is 1.64. The Kier molecular flexibility index (Phi) is 4.51. The monoisotopic (exact) mass is 247 g/mol. The quantitative estimate of drug-likeness (QED) is 0.829. The molecule has 1 aromatic rings. The number of carbonyl (C=O) groups excluding carboxylic acids is 1. The molecular weight excluding hydrogens is 235 g/mol. The van der Waals surface area contributed by atoms with E-state index < -0.39 is 17.6 Å². The van der Waals surface area contributed by atoms with E-state index in [1.807, 2.05) is 0 Å². The zero-order chi connectivity index (χ0) is 12.9. The van der Waals surface area contributed by atoms with Gasteiger partial charge in [-0.3, -0.25) is 9.63 Å². The second-order valence-electron chi connectivity index (χ2n) is 3.33. The summed E-state index contributed by atoms with van der Waals surface area (Å²) in [6.45, 7) is 1.99. The van der Waals surface area contributed by atoms with Crippen molar-refractivity contribution in [1.82, 2.24) is 5.48 Å². The first-order chi connectivity index (χ1) is 7.93. The highest BCUT2D eigenvalue weighted by molar-refractivity contribution is 5.77. The first-order valence-electron chi connectivity index (χ1n) is 5.00. The minimum absolute atomic E-state index is 0.149. The van der Waals surface area contributed by atoms with Crippen LogP contribution in [0.15, 0.2) is 24.3 Å². The molecule has 94 valence electrons. The second kappa shape index (κ2) is 5.67. The van der Waals surface area contributed by atoms with Crippen molar-refractivity contribution in [2.24, 2.45) is 0 Å². The third kappa shape index (κ3) is 4.44. The molecule has 17 heavy (non-hydrogen) atoms. The fourth-order valence-electron chi connectivity index (χ4n) is 1.23. The van der Waals surface area contributed by atoms with Gasteiger partial charge in [0.1, 0.15) is 0 Å². The van der Waals surface area contributed by atoms with Gasteiger partial charge < -0.3 is 0 Å². The molecule has 1 rings (SSSR count). The number of nitrogens with one attached hydrogen (secondary N) is 1. The van der Waals surface area contributed by atoms with Gasteiger partial charge in [-0.15, -0.1) is 0 Å². The van der Waals surface area contributed by atoms with Crippen LogP contribution in [0.3, 0.4) is 0 Å². The highest BCUT2D eigenvalue weighted by Gasteiger charge is 2.30. The molecule has 0 atom stereocenters. The summed E-state index contributed by atoms with van der Waals surface area (Å²) in [6.07, 6.45) is -4.55. The van der Waals surface area contributed by atoms with E-state index in [4.69, 9.17) is 0 Å². The van der Waals surface area contributed by atoms with E-state index >= 15 is 0 Å². The summed E-state index contributed by atoms with van der Waals surface area (Å²) in [6, 6.07) is 4.64. The zero-order valence-electron chi connectivity index (χ0n) is 9.17. The third-order valence-corrected chi connectivity index (χ3v) is 1.95. The number of hydroxylamine groups is 1. The van der Waals surface area contributed by atoms with Crippen LogP contribution in [-0.2, 0) is 22.2 Å². The fourth-order valence-corrected chi connectivity index (χ4v) is 1.23. The van der Waals surface area contributed by atoms with Crippen molar-refractivity contribution in [1.29, 1.82) is 0 Å². The molecule has 1 N–H and O–H groups in total. The van der Waals surface area contributed by atoms with Gasteiger partial charge in [-0.1, -0.05) is 18.2 Å².